The van der Waals surface area contributed by atoms with Crippen LogP contribution in [0.25, 0.3) is 0 Å². The summed E-state index contributed by atoms with van der Waals surface area (Å²) >= 11 is 0. The maximum absolute atomic E-state index is 13.7. The van der Waals surface area contributed by atoms with Crippen molar-refractivity contribution >= 4 is 70.6 Å². The number of carbonyl (C=O) groups is 12. The van der Waals surface area contributed by atoms with Gasteiger partial charge in [-0.25, -0.2) is 9.59 Å². The molecule has 0 saturated heterocycles. The monoisotopic (exact) mass is 1530 g/mol. The fourth-order valence-corrected chi connectivity index (χ4v) is 10.7. The molecule has 0 spiro atoms. The molecule has 0 bridgehead atoms. The van der Waals surface area contributed by atoms with Crippen LogP contribution in [-0.4, -0.2) is 220 Å². The van der Waals surface area contributed by atoms with Crippen molar-refractivity contribution in [2.45, 2.75) is 184 Å². The Balaban J connectivity index is 1.67. The van der Waals surface area contributed by atoms with E-state index in [-0.39, 0.29) is 227 Å². The van der Waals surface area contributed by atoms with Gasteiger partial charge in [-0.3, -0.25) is 47.9 Å². The molecule has 29 heteroatoms. The number of nitrogens with zero attached hydrogens (tertiary/aromatic N) is 1. The second-order valence-electron chi connectivity index (χ2n) is 28.4. The van der Waals surface area contributed by atoms with E-state index in [0.29, 0.717) is 96.0 Å². The summed E-state index contributed by atoms with van der Waals surface area (Å²) < 4.78 is 56.0. The summed E-state index contributed by atoms with van der Waals surface area (Å²) in [7, 11) is 0. The third-order valence-corrected chi connectivity index (χ3v) is 17.2. The Morgan fingerprint density at radius 3 is 1.01 bits per heavy atom. The van der Waals surface area contributed by atoms with Gasteiger partial charge in [0.05, 0.1) is 130 Å². The van der Waals surface area contributed by atoms with Crippen molar-refractivity contribution in [1.82, 2.24) is 26.2 Å². The van der Waals surface area contributed by atoms with E-state index in [1.54, 1.807) is 81.1 Å². The standard InChI is InChI=1S/C79H127N7O22/c1-55(2)48-64(87)14-11-17-73(92)86(30-34-101-38-42-105-46-44-103-40-36-99-32-26-65(88)51-67(56(3)4)74(93)84-69(15-12-28-82-78(80)97)71(90)49-60-18-22-62(23-19-60)53-107-76(95)58(7)8)31-35-102-39-43-106-47-45-104-41-37-100-33-27-66(89)52-68(57(5)6)75(94)85-70(16-13-29-83-79(81)98)72(91)50-61-20-24-63(25-21-61)54-108-77(96)59(9)10/h18-25,55-59,67-70H,11-17,26-54H2,1-10H3,(H,84,93)(H,85,94)(H3,80,82,97)(H3,81,83,98)/t67-,68-,69-,70-/m0/s1. The molecule has 0 unspecified atom stereocenters. The van der Waals surface area contributed by atoms with Gasteiger partial charge in [-0.15, -0.1) is 0 Å². The van der Waals surface area contributed by atoms with Gasteiger partial charge in [0.25, 0.3) is 0 Å². The number of nitrogens with two attached hydrogens (primary N) is 2. The number of esters is 2. The quantitative estimate of drug-likeness (QED) is 0.0291. The van der Waals surface area contributed by atoms with Crippen LogP contribution in [0, 0.1) is 41.4 Å². The van der Waals surface area contributed by atoms with Crippen LogP contribution in [0.15, 0.2) is 48.5 Å². The van der Waals surface area contributed by atoms with Crippen molar-refractivity contribution in [3.05, 3.63) is 70.8 Å². The van der Waals surface area contributed by atoms with E-state index >= 15 is 0 Å². The summed E-state index contributed by atoms with van der Waals surface area (Å²) in [5, 5.41) is 10.8. The molecule has 29 nitrogen and oxygen atoms in total. The van der Waals surface area contributed by atoms with Crippen molar-refractivity contribution in [2.24, 2.45) is 52.9 Å². The van der Waals surface area contributed by atoms with Gasteiger partial charge in [0.15, 0.2) is 11.6 Å². The molecule has 2 aromatic rings. The van der Waals surface area contributed by atoms with E-state index in [2.05, 4.69) is 21.3 Å². The Kier molecular flexibility index (Phi) is 52.1. The predicted octanol–water partition coefficient (Wildman–Crippen LogP) is 6.86. The molecule has 0 saturated carbocycles. The van der Waals surface area contributed by atoms with Crippen molar-refractivity contribution in [2.75, 3.05) is 132 Å². The van der Waals surface area contributed by atoms with Crippen LogP contribution in [0.1, 0.15) is 169 Å². The molecule has 610 valence electrons. The normalized spacial score (nSPS) is 12.5. The van der Waals surface area contributed by atoms with E-state index < -0.39 is 47.8 Å². The fourth-order valence-electron chi connectivity index (χ4n) is 10.7. The highest BCUT2D eigenvalue weighted by Gasteiger charge is 2.31. The molecule has 2 aromatic carbocycles. The van der Waals surface area contributed by atoms with Crippen LogP contribution >= 0.6 is 0 Å². The number of rotatable bonds is 66. The van der Waals surface area contributed by atoms with Crippen molar-refractivity contribution < 1.29 is 105 Å². The number of benzene rings is 2. The number of carbonyl (C=O) groups excluding carboxylic acids is 12. The Labute approximate surface area is 639 Å². The van der Waals surface area contributed by atoms with Crippen molar-refractivity contribution in [1.29, 1.82) is 0 Å². The molecule has 7 amide bonds. The van der Waals surface area contributed by atoms with E-state index in [1.807, 2.05) is 41.5 Å². The first-order chi connectivity index (χ1) is 51.6. The summed E-state index contributed by atoms with van der Waals surface area (Å²) in [6.45, 7) is 23.6. The molecule has 0 radical (unpaired) electrons. The first kappa shape index (κ1) is 96.4. The zero-order valence-corrected chi connectivity index (χ0v) is 65.9. The zero-order chi connectivity index (χ0) is 80.0. The van der Waals surface area contributed by atoms with Crippen molar-refractivity contribution in [3.8, 4) is 0 Å². The molecule has 0 aliphatic carbocycles. The number of urea groups is 2. The third kappa shape index (κ3) is 47.3. The molecule has 108 heavy (non-hydrogen) atoms. The highest BCUT2D eigenvalue weighted by atomic mass is 16.6. The Morgan fingerprint density at radius 1 is 0.380 bits per heavy atom. The second kappa shape index (κ2) is 58.3. The Bertz CT molecular complexity index is 2790. The number of ether oxygens (including phenoxy) is 10. The second-order valence-corrected chi connectivity index (χ2v) is 28.4. The van der Waals surface area contributed by atoms with E-state index in [4.69, 9.17) is 58.8 Å². The van der Waals surface area contributed by atoms with E-state index in [0.717, 1.165) is 11.1 Å². The van der Waals surface area contributed by atoms with Gasteiger partial charge in [0.2, 0.25) is 17.7 Å². The van der Waals surface area contributed by atoms with Crippen molar-refractivity contribution in [3.63, 3.8) is 0 Å². The first-order valence-corrected chi connectivity index (χ1v) is 38.2. The summed E-state index contributed by atoms with van der Waals surface area (Å²) in [4.78, 5) is 155. The number of primary amides is 2. The number of ketones is 5. The summed E-state index contributed by atoms with van der Waals surface area (Å²) in [6.07, 6.45) is 2.77. The predicted molar refractivity (Wildman–Crippen MR) is 404 cm³/mol. The minimum absolute atomic E-state index is 0.0189. The number of hydrogen-bond donors (Lipinski definition) is 6. The van der Waals surface area contributed by atoms with Crippen LogP contribution in [0.5, 0.6) is 0 Å². The topological polar surface area (TPSA) is 401 Å². The molecule has 2 rings (SSSR count). The lowest BCUT2D eigenvalue weighted by molar-refractivity contribution is -0.149. The number of nitrogens with one attached hydrogen (secondary N) is 4. The van der Waals surface area contributed by atoms with Gasteiger partial charge in [0.1, 0.15) is 30.6 Å². The molecular weight excluding hydrogens is 1400 g/mol. The average molecular weight is 1530 g/mol. The molecule has 0 aliphatic rings. The molecule has 8 N–H and O–H groups in total. The van der Waals surface area contributed by atoms with Gasteiger partial charge < -0.3 is 85.0 Å². The summed E-state index contributed by atoms with van der Waals surface area (Å²) in [5.74, 6) is -4.39. The van der Waals surface area contributed by atoms with Crippen LogP contribution in [0.4, 0.5) is 9.59 Å². The minimum Gasteiger partial charge on any atom is -0.461 e. The van der Waals surface area contributed by atoms with Gasteiger partial charge in [0, 0.05) is 95.8 Å². The highest BCUT2D eigenvalue weighted by Crippen LogP contribution is 2.21. The lowest BCUT2D eigenvalue weighted by Gasteiger charge is -2.24. The molecule has 0 fully saturated rings. The Hall–Kier alpha value is -7.64. The number of hydrogen-bond acceptors (Lipinski definition) is 22. The number of Topliss-reactive ketones (excluding diaryl/α,β-unsaturated/α-hetero) is 5. The first-order valence-electron chi connectivity index (χ1n) is 38.2. The fraction of sp³-hybridized carbons (Fsp3) is 0.696. The molecule has 4 atom stereocenters. The molecule has 0 aliphatic heterocycles. The van der Waals surface area contributed by atoms with Gasteiger partial charge in [-0.1, -0.05) is 118 Å². The molecule has 0 heterocycles. The lowest BCUT2D eigenvalue weighted by atomic mass is 9.88. The van der Waals surface area contributed by atoms with E-state index in [9.17, 15) is 57.5 Å². The van der Waals surface area contributed by atoms with E-state index in [1.165, 1.54) is 0 Å². The smallest absolute Gasteiger partial charge is 0.312 e. The maximum atomic E-state index is 13.7. The SMILES string of the molecule is CC(C)CC(=O)CCCC(=O)N(CCOCCOCCOCCOCCC(=O)C[C@H](C(=O)N[C@@H](CCCNC(N)=O)C(=O)Cc1ccc(COC(=O)C(C)C)cc1)C(C)C)CCOCCOCCOCCOCCC(=O)C[C@H](C(=O)N[C@@H](CCCNC(N)=O)C(=O)Cc1ccc(COC(=O)C(C)C)cc1)C(C)C. The zero-order valence-electron chi connectivity index (χ0n) is 65.9. The van der Waals surface area contributed by atoms with Crippen LogP contribution in [-0.2, 0) is 121 Å². The van der Waals surface area contributed by atoms with Crippen LogP contribution in [0.2, 0.25) is 0 Å². The average Bonchev–Trinajstić information content (AvgIpc) is 0.861. The van der Waals surface area contributed by atoms with Gasteiger partial charge >= 0.3 is 24.0 Å². The molecule has 0 aromatic heterocycles. The minimum atomic E-state index is -0.885. The van der Waals surface area contributed by atoms with Gasteiger partial charge in [-0.2, -0.15) is 0 Å². The lowest BCUT2D eigenvalue weighted by Crippen LogP contribution is -2.46. The summed E-state index contributed by atoms with van der Waals surface area (Å²) in [5.41, 5.74) is 13.4. The van der Waals surface area contributed by atoms with Crippen LogP contribution in [0.3, 0.4) is 0 Å². The maximum Gasteiger partial charge on any atom is 0.312 e. The summed E-state index contributed by atoms with van der Waals surface area (Å²) in [6, 6.07) is 11.0. The Morgan fingerprint density at radius 2 is 0.694 bits per heavy atom. The third-order valence-electron chi connectivity index (χ3n) is 17.2. The molecular formula is C79H127N7O22. The largest absolute Gasteiger partial charge is 0.461 e. The highest BCUT2D eigenvalue weighted by molar-refractivity contribution is 5.94. The van der Waals surface area contributed by atoms with Gasteiger partial charge in [-0.05, 0) is 72.1 Å². The number of amides is 7. The van der Waals surface area contributed by atoms with Crippen LogP contribution < -0.4 is 32.7 Å².